The van der Waals surface area contributed by atoms with Crippen LogP contribution in [-0.2, 0) is 21.1 Å². The topological polar surface area (TPSA) is 90.9 Å². The van der Waals surface area contributed by atoms with Crippen molar-refractivity contribution in [3.63, 3.8) is 0 Å². The van der Waals surface area contributed by atoms with E-state index in [-0.39, 0.29) is 17.9 Å². The maximum absolute atomic E-state index is 12.1. The van der Waals surface area contributed by atoms with Gasteiger partial charge < -0.3 is 15.5 Å². The maximum atomic E-state index is 12.1. The number of amides is 1. The molecule has 1 aromatic carbocycles. The minimum atomic E-state index is -3.17. The van der Waals surface area contributed by atoms with Crippen LogP contribution in [0.5, 0.6) is 0 Å². The highest BCUT2D eigenvalue weighted by molar-refractivity contribution is 7.90. The number of rotatable bonds is 7. The smallest absolute Gasteiger partial charge is 0.225 e. The molecule has 0 aliphatic carbocycles. The predicted molar refractivity (Wildman–Crippen MR) is 112 cm³/mol. The lowest BCUT2D eigenvalue weighted by atomic mass is 10.1. The Bertz CT molecular complexity index is 788. The van der Waals surface area contributed by atoms with Crippen LogP contribution in [0.2, 0.25) is 0 Å². The van der Waals surface area contributed by atoms with E-state index in [2.05, 4.69) is 15.6 Å². The van der Waals surface area contributed by atoms with Crippen LogP contribution in [0.4, 0.5) is 0 Å². The summed E-state index contributed by atoms with van der Waals surface area (Å²) in [6, 6.07) is 7.14. The van der Waals surface area contributed by atoms with Crippen molar-refractivity contribution >= 4 is 21.7 Å². The molecule has 156 valence electrons. The highest BCUT2D eigenvalue weighted by Gasteiger charge is 2.27. The van der Waals surface area contributed by atoms with Crippen LogP contribution in [-0.4, -0.2) is 63.7 Å². The molecule has 28 heavy (non-hydrogen) atoms. The van der Waals surface area contributed by atoms with E-state index in [4.69, 9.17) is 0 Å². The summed E-state index contributed by atoms with van der Waals surface area (Å²) in [4.78, 5) is 19.0. The molecular formula is C20H32N4O3S. The van der Waals surface area contributed by atoms with Gasteiger partial charge in [0, 0.05) is 44.4 Å². The van der Waals surface area contributed by atoms with Gasteiger partial charge in [-0.1, -0.05) is 26.0 Å². The Morgan fingerprint density at radius 3 is 2.54 bits per heavy atom. The van der Waals surface area contributed by atoms with Gasteiger partial charge in [-0.25, -0.2) is 8.42 Å². The first-order valence-corrected chi connectivity index (χ1v) is 11.7. The quantitative estimate of drug-likeness (QED) is 0.526. The molecule has 1 aromatic rings. The first-order valence-electron chi connectivity index (χ1n) is 9.83. The average Bonchev–Trinajstić information content (AvgIpc) is 3.09. The number of hydrogen-bond donors (Lipinski definition) is 2. The molecule has 1 saturated heterocycles. The summed E-state index contributed by atoms with van der Waals surface area (Å²) in [5.74, 6) is 0.970. The summed E-state index contributed by atoms with van der Waals surface area (Å²) in [6.07, 6.45) is 2.85. The molecule has 0 bridgehead atoms. The molecule has 0 spiro atoms. The SMILES string of the molecule is CCNC(=NCCc1ccc(S(C)(=O)=O)cc1)NC1CCN(C(=O)C(C)C)C1. The lowest BCUT2D eigenvalue weighted by molar-refractivity contribution is -0.133. The van der Waals surface area contributed by atoms with Gasteiger partial charge in [0.15, 0.2) is 15.8 Å². The number of carbonyl (C=O) groups is 1. The molecular weight excluding hydrogens is 376 g/mol. The van der Waals surface area contributed by atoms with Gasteiger partial charge in [0.2, 0.25) is 5.91 Å². The van der Waals surface area contributed by atoms with Gasteiger partial charge in [0.25, 0.3) is 0 Å². The third-order valence-corrected chi connectivity index (χ3v) is 5.83. The molecule has 7 nitrogen and oxygen atoms in total. The molecule has 1 atom stereocenters. The lowest BCUT2D eigenvalue weighted by Crippen LogP contribution is -2.45. The number of nitrogens with zero attached hydrogens (tertiary/aromatic N) is 2. The van der Waals surface area contributed by atoms with Gasteiger partial charge >= 0.3 is 0 Å². The van der Waals surface area contributed by atoms with Crippen LogP contribution >= 0.6 is 0 Å². The minimum absolute atomic E-state index is 0.0229. The predicted octanol–water partition coefficient (Wildman–Crippen LogP) is 1.44. The first-order chi connectivity index (χ1) is 13.2. The molecule has 1 fully saturated rings. The fourth-order valence-corrected chi connectivity index (χ4v) is 3.79. The zero-order valence-electron chi connectivity index (χ0n) is 17.2. The number of benzene rings is 1. The van der Waals surface area contributed by atoms with E-state index in [1.807, 2.05) is 37.8 Å². The molecule has 1 aliphatic heterocycles. The van der Waals surface area contributed by atoms with Gasteiger partial charge in [-0.2, -0.15) is 0 Å². The van der Waals surface area contributed by atoms with Crippen LogP contribution in [0.3, 0.4) is 0 Å². The largest absolute Gasteiger partial charge is 0.357 e. The van der Waals surface area contributed by atoms with E-state index in [1.54, 1.807) is 12.1 Å². The minimum Gasteiger partial charge on any atom is -0.357 e. The van der Waals surface area contributed by atoms with Crippen LogP contribution in [0.1, 0.15) is 32.8 Å². The van der Waals surface area contributed by atoms with Crippen molar-refractivity contribution in [2.75, 3.05) is 32.4 Å². The van der Waals surface area contributed by atoms with Crippen molar-refractivity contribution in [3.05, 3.63) is 29.8 Å². The number of guanidine groups is 1. The zero-order chi connectivity index (χ0) is 20.7. The number of aliphatic imine (C=N–C) groups is 1. The summed E-state index contributed by atoms with van der Waals surface area (Å²) < 4.78 is 23.0. The monoisotopic (exact) mass is 408 g/mol. The number of sulfone groups is 1. The normalized spacial score (nSPS) is 17.8. The third-order valence-electron chi connectivity index (χ3n) is 4.70. The van der Waals surface area contributed by atoms with Gasteiger partial charge in [-0.3, -0.25) is 9.79 Å². The fourth-order valence-electron chi connectivity index (χ4n) is 3.16. The molecule has 1 unspecified atom stereocenters. The molecule has 8 heteroatoms. The molecule has 1 heterocycles. The second kappa shape index (κ2) is 9.91. The van der Waals surface area contributed by atoms with Crippen LogP contribution in [0, 0.1) is 5.92 Å². The summed E-state index contributed by atoms with van der Waals surface area (Å²) >= 11 is 0. The highest BCUT2D eigenvalue weighted by atomic mass is 32.2. The molecule has 2 rings (SSSR count). The summed E-state index contributed by atoms with van der Waals surface area (Å²) in [7, 11) is -3.17. The number of hydrogen-bond acceptors (Lipinski definition) is 4. The van der Waals surface area contributed by atoms with Crippen LogP contribution in [0.15, 0.2) is 34.2 Å². The van der Waals surface area contributed by atoms with Gasteiger partial charge in [-0.05, 0) is 37.5 Å². The number of carbonyl (C=O) groups excluding carboxylic acids is 1. The van der Waals surface area contributed by atoms with E-state index >= 15 is 0 Å². The molecule has 0 radical (unpaired) electrons. The maximum Gasteiger partial charge on any atom is 0.225 e. The first kappa shape index (κ1) is 22.2. The van der Waals surface area contributed by atoms with Crippen molar-refractivity contribution in [1.82, 2.24) is 15.5 Å². The Labute approximate surface area is 168 Å². The fraction of sp³-hybridized carbons (Fsp3) is 0.600. The molecule has 1 aliphatic rings. The Kier molecular flexibility index (Phi) is 7.86. The van der Waals surface area contributed by atoms with E-state index in [1.165, 1.54) is 6.26 Å². The van der Waals surface area contributed by atoms with Gasteiger partial charge in [0.1, 0.15) is 0 Å². The summed E-state index contributed by atoms with van der Waals surface area (Å²) in [5, 5.41) is 6.67. The van der Waals surface area contributed by atoms with E-state index < -0.39 is 9.84 Å². The molecule has 1 amide bonds. The number of likely N-dealkylation sites (tertiary alicyclic amines) is 1. The van der Waals surface area contributed by atoms with Crippen molar-refractivity contribution in [3.8, 4) is 0 Å². The standard InChI is InChI=1S/C20H32N4O3S/c1-5-21-20(23-17-11-13-24(14-17)19(25)15(2)3)22-12-10-16-6-8-18(9-7-16)28(4,26)27/h6-9,15,17H,5,10-14H2,1-4H3,(H2,21,22,23). The second-order valence-electron chi connectivity index (χ2n) is 7.50. The lowest BCUT2D eigenvalue weighted by Gasteiger charge is -2.20. The molecule has 0 saturated carbocycles. The average molecular weight is 409 g/mol. The molecule has 0 aromatic heterocycles. The zero-order valence-corrected chi connectivity index (χ0v) is 18.1. The van der Waals surface area contributed by atoms with Crippen LogP contribution < -0.4 is 10.6 Å². The van der Waals surface area contributed by atoms with E-state index in [0.717, 1.165) is 37.5 Å². The summed E-state index contributed by atoms with van der Waals surface area (Å²) in [5.41, 5.74) is 1.04. The Hall–Kier alpha value is -2.09. The van der Waals surface area contributed by atoms with Gasteiger partial charge in [0.05, 0.1) is 4.90 Å². The third kappa shape index (κ3) is 6.51. The summed E-state index contributed by atoms with van der Waals surface area (Å²) in [6.45, 7) is 8.71. The van der Waals surface area contributed by atoms with Crippen LogP contribution in [0.25, 0.3) is 0 Å². The van der Waals surface area contributed by atoms with Crippen molar-refractivity contribution in [1.29, 1.82) is 0 Å². The Balaban J connectivity index is 1.89. The second-order valence-corrected chi connectivity index (χ2v) is 9.51. The molecule has 2 N–H and O–H groups in total. The van der Waals surface area contributed by atoms with E-state index in [9.17, 15) is 13.2 Å². The van der Waals surface area contributed by atoms with Crippen molar-refractivity contribution in [2.45, 2.75) is 44.6 Å². The van der Waals surface area contributed by atoms with Crippen molar-refractivity contribution in [2.24, 2.45) is 10.9 Å². The van der Waals surface area contributed by atoms with Gasteiger partial charge in [-0.15, -0.1) is 0 Å². The Morgan fingerprint density at radius 2 is 1.96 bits per heavy atom. The van der Waals surface area contributed by atoms with Crippen molar-refractivity contribution < 1.29 is 13.2 Å². The number of nitrogens with one attached hydrogen (secondary N) is 2. The van der Waals surface area contributed by atoms with E-state index in [0.29, 0.717) is 18.0 Å². The Morgan fingerprint density at radius 1 is 1.29 bits per heavy atom. The highest BCUT2D eigenvalue weighted by Crippen LogP contribution is 2.13.